The first-order valence-corrected chi connectivity index (χ1v) is 9.45. The van der Waals surface area contributed by atoms with Crippen LogP contribution in [-0.4, -0.2) is 45.8 Å². The molecule has 2 heterocycles. The van der Waals surface area contributed by atoms with Crippen LogP contribution >= 0.6 is 0 Å². The Morgan fingerprint density at radius 1 is 1.38 bits per heavy atom. The van der Waals surface area contributed by atoms with Gasteiger partial charge >= 0.3 is 5.97 Å². The van der Waals surface area contributed by atoms with Crippen molar-refractivity contribution in [1.82, 2.24) is 0 Å². The summed E-state index contributed by atoms with van der Waals surface area (Å²) in [5.74, 6) is -0.689. The SMILES string of the molecule is C=C1C(=O)O[C@H]2[C@@H](O)[C@H](C)CCC[C@](C)(OO)/C=C/C[C@@]3(C)O[C@@H]3C[C@@H]12. The lowest BCUT2D eigenvalue weighted by atomic mass is 9.81. The summed E-state index contributed by atoms with van der Waals surface area (Å²) in [5.41, 5.74) is -0.640. The monoisotopic (exact) mass is 366 g/mol. The van der Waals surface area contributed by atoms with Gasteiger partial charge in [-0.15, -0.1) is 0 Å². The second kappa shape index (κ2) is 7.08. The largest absolute Gasteiger partial charge is 0.456 e. The summed E-state index contributed by atoms with van der Waals surface area (Å²) in [4.78, 5) is 16.7. The molecule has 26 heavy (non-hydrogen) atoms. The van der Waals surface area contributed by atoms with Crippen molar-refractivity contribution < 1.29 is 29.5 Å². The van der Waals surface area contributed by atoms with E-state index < -0.39 is 23.8 Å². The lowest BCUT2D eigenvalue weighted by Gasteiger charge is -2.29. The van der Waals surface area contributed by atoms with E-state index >= 15 is 0 Å². The summed E-state index contributed by atoms with van der Waals surface area (Å²) in [6, 6.07) is 0. The van der Waals surface area contributed by atoms with Crippen LogP contribution in [0, 0.1) is 11.8 Å². The Balaban J connectivity index is 1.82. The number of ether oxygens (including phenoxy) is 2. The number of carbonyl (C=O) groups is 1. The number of hydrogen-bond acceptors (Lipinski definition) is 6. The van der Waals surface area contributed by atoms with Gasteiger partial charge in [-0.3, -0.25) is 5.26 Å². The Morgan fingerprint density at radius 2 is 2.12 bits per heavy atom. The lowest BCUT2D eigenvalue weighted by Crippen LogP contribution is -2.37. The van der Waals surface area contributed by atoms with Gasteiger partial charge < -0.3 is 14.6 Å². The molecule has 0 aromatic heterocycles. The van der Waals surface area contributed by atoms with Crippen molar-refractivity contribution in [3.63, 3.8) is 0 Å². The van der Waals surface area contributed by atoms with E-state index in [9.17, 15) is 15.2 Å². The summed E-state index contributed by atoms with van der Waals surface area (Å²) in [7, 11) is 0. The Bertz CT molecular complexity index is 601. The van der Waals surface area contributed by atoms with Gasteiger partial charge in [-0.1, -0.05) is 25.7 Å². The molecule has 6 nitrogen and oxygen atoms in total. The first kappa shape index (κ1) is 19.5. The second-order valence-electron chi connectivity index (χ2n) is 8.53. The summed E-state index contributed by atoms with van der Waals surface area (Å²) < 4.78 is 11.4. The number of esters is 1. The third kappa shape index (κ3) is 3.74. The number of rotatable bonds is 1. The topological polar surface area (TPSA) is 88.5 Å². The quantitative estimate of drug-likeness (QED) is 0.185. The molecule has 3 aliphatic rings. The van der Waals surface area contributed by atoms with E-state index in [-0.39, 0.29) is 23.5 Å². The Morgan fingerprint density at radius 3 is 2.81 bits per heavy atom. The van der Waals surface area contributed by atoms with E-state index in [2.05, 4.69) is 6.58 Å². The van der Waals surface area contributed by atoms with Gasteiger partial charge in [-0.2, -0.15) is 0 Å². The van der Waals surface area contributed by atoms with Crippen LogP contribution in [0.4, 0.5) is 0 Å². The number of fused-ring (bicyclic) bond motifs is 2. The predicted molar refractivity (Wildman–Crippen MR) is 95.3 cm³/mol. The van der Waals surface area contributed by atoms with Crippen molar-refractivity contribution >= 4 is 5.97 Å². The molecule has 0 saturated carbocycles. The summed E-state index contributed by atoms with van der Waals surface area (Å²) in [6.45, 7) is 9.70. The highest BCUT2D eigenvalue weighted by atomic mass is 17.1. The summed E-state index contributed by atoms with van der Waals surface area (Å²) in [6.07, 6.45) is 5.95. The number of epoxide rings is 1. The van der Waals surface area contributed by atoms with Gasteiger partial charge in [-0.25, -0.2) is 9.68 Å². The van der Waals surface area contributed by atoms with Crippen LogP contribution in [0.3, 0.4) is 0 Å². The zero-order chi connectivity index (χ0) is 19.1. The fraction of sp³-hybridized carbons (Fsp3) is 0.750. The maximum absolute atomic E-state index is 12.0. The Kier molecular flexibility index (Phi) is 5.32. The normalized spacial score (nSPS) is 48.1. The van der Waals surface area contributed by atoms with Crippen LogP contribution in [0.5, 0.6) is 0 Å². The minimum atomic E-state index is -0.758. The number of hydrogen-bond donors (Lipinski definition) is 2. The number of carbonyl (C=O) groups excluding carboxylic acids is 1. The summed E-state index contributed by atoms with van der Waals surface area (Å²) >= 11 is 0. The van der Waals surface area contributed by atoms with Crippen LogP contribution < -0.4 is 0 Å². The second-order valence-corrected chi connectivity index (χ2v) is 8.53. The van der Waals surface area contributed by atoms with Gasteiger partial charge in [0.1, 0.15) is 11.7 Å². The van der Waals surface area contributed by atoms with Gasteiger partial charge in [0, 0.05) is 11.5 Å². The molecule has 2 saturated heterocycles. The highest BCUT2D eigenvalue weighted by Gasteiger charge is 2.55. The first-order chi connectivity index (χ1) is 12.2. The molecule has 0 radical (unpaired) electrons. The molecule has 3 rings (SSSR count). The highest BCUT2D eigenvalue weighted by Crippen LogP contribution is 2.47. The fourth-order valence-electron chi connectivity index (χ4n) is 4.18. The Labute approximate surface area is 154 Å². The van der Waals surface area contributed by atoms with E-state index in [4.69, 9.17) is 14.4 Å². The van der Waals surface area contributed by atoms with Crippen molar-refractivity contribution in [2.24, 2.45) is 11.8 Å². The number of aliphatic hydroxyl groups is 1. The maximum Gasteiger partial charge on any atom is 0.334 e. The van der Waals surface area contributed by atoms with E-state index in [0.717, 1.165) is 12.8 Å². The molecule has 0 spiro atoms. The molecule has 146 valence electrons. The van der Waals surface area contributed by atoms with E-state index in [1.807, 2.05) is 32.9 Å². The lowest BCUT2D eigenvalue weighted by molar-refractivity contribution is -0.304. The zero-order valence-corrected chi connectivity index (χ0v) is 15.8. The van der Waals surface area contributed by atoms with Crippen LogP contribution in [0.15, 0.2) is 24.3 Å². The molecule has 1 aliphatic carbocycles. The van der Waals surface area contributed by atoms with Crippen molar-refractivity contribution in [2.45, 2.75) is 82.4 Å². The third-order valence-corrected chi connectivity index (χ3v) is 6.31. The molecule has 2 fully saturated rings. The van der Waals surface area contributed by atoms with Crippen LogP contribution in [0.1, 0.15) is 52.9 Å². The van der Waals surface area contributed by atoms with Gasteiger partial charge in [-0.05, 0) is 51.9 Å². The first-order valence-electron chi connectivity index (χ1n) is 9.45. The highest BCUT2D eigenvalue weighted by molar-refractivity contribution is 5.90. The average Bonchev–Trinajstić information content (AvgIpc) is 3.15. The molecular weight excluding hydrogens is 336 g/mol. The van der Waals surface area contributed by atoms with Crippen molar-refractivity contribution in [3.05, 3.63) is 24.3 Å². The van der Waals surface area contributed by atoms with Crippen molar-refractivity contribution in [3.8, 4) is 0 Å². The van der Waals surface area contributed by atoms with Gasteiger partial charge in [0.25, 0.3) is 0 Å². The average molecular weight is 366 g/mol. The smallest absolute Gasteiger partial charge is 0.334 e. The van der Waals surface area contributed by atoms with Gasteiger partial charge in [0.15, 0.2) is 0 Å². The maximum atomic E-state index is 12.0. The van der Waals surface area contributed by atoms with Crippen LogP contribution in [-0.2, 0) is 19.2 Å². The Hall–Kier alpha value is -1.21. The minimum Gasteiger partial charge on any atom is -0.456 e. The van der Waals surface area contributed by atoms with Crippen molar-refractivity contribution in [1.29, 1.82) is 0 Å². The van der Waals surface area contributed by atoms with E-state index in [1.54, 1.807) is 0 Å². The van der Waals surface area contributed by atoms with Crippen LogP contribution in [0.25, 0.3) is 0 Å². The van der Waals surface area contributed by atoms with E-state index in [0.29, 0.717) is 24.8 Å². The predicted octanol–water partition coefficient (Wildman–Crippen LogP) is 3.01. The van der Waals surface area contributed by atoms with E-state index in [1.165, 1.54) is 0 Å². The van der Waals surface area contributed by atoms with Gasteiger partial charge in [0.2, 0.25) is 0 Å². The molecule has 2 N–H and O–H groups in total. The molecular formula is C20H30O6. The fourth-order valence-corrected chi connectivity index (χ4v) is 4.18. The molecule has 0 aromatic carbocycles. The molecule has 0 aromatic rings. The molecule has 7 atom stereocenters. The molecule has 0 unspecified atom stereocenters. The third-order valence-electron chi connectivity index (χ3n) is 6.31. The molecule has 0 amide bonds. The van der Waals surface area contributed by atoms with Gasteiger partial charge in [0.05, 0.1) is 17.8 Å². The minimum absolute atomic E-state index is 0.0161. The van der Waals surface area contributed by atoms with Crippen LogP contribution in [0.2, 0.25) is 0 Å². The molecule has 6 heteroatoms. The molecule has 0 bridgehead atoms. The standard InChI is InChI=1S/C20H30O6/c1-12-7-5-8-19(3,26-23)9-6-10-20(4)15(25-20)11-14-13(2)18(22)24-17(14)16(12)21/h6,9,12,14-17,21,23H,2,5,7-8,10-11H2,1,3-4H3/b9-6+/t12-,14+,15-,16+,17-,19+,20-/m1/s1. The zero-order valence-electron chi connectivity index (χ0n) is 15.8. The summed E-state index contributed by atoms with van der Waals surface area (Å²) in [5, 5.41) is 20.1. The molecule has 2 aliphatic heterocycles. The van der Waals surface area contributed by atoms with Crippen molar-refractivity contribution in [2.75, 3.05) is 0 Å². The number of aliphatic hydroxyl groups excluding tert-OH is 1.